The van der Waals surface area contributed by atoms with Gasteiger partial charge in [-0.3, -0.25) is 4.79 Å². The number of nitrogens with zero attached hydrogens (tertiary/aromatic N) is 3. The fraction of sp³-hybridized carbons (Fsp3) is 0.364. The van der Waals surface area contributed by atoms with Gasteiger partial charge in [-0.05, 0) is 43.0 Å². The smallest absolute Gasteiger partial charge is 0.242 e. The number of para-hydroxylation sites is 3. The van der Waals surface area contributed by atoms with E-state index in [1.807, 2.05) is 35.2 Å². The maximum atomic E-state index is 12.8. The second kappa shape index (κ2) is 6.72. The van der Waals surface area contributed by atoms with Gasteiger partial charge in [-0.15, -0.1) is 0 Å². The fourth-order valence-corrected chi connectivity index (χ4v) is 4.27. The molecule has 0 bridgehead atoms. The van der Waals surface area contributed by atoms with Crippen LogP contribution in [0.15, 0.2) is 52.9 Å². The molecule has 3 aromatic rings. The number of fused-ring (bicyclic) bond motifs is 2. The Balaban J connectivity index is 1.21. The van der Waals surface area contributed by atoms with Gasteiger partial charge in [0.15, 0.2) is 11.5 Å². The topological polar surface area (TPSA) is 49.6 Å². The number of rotatable bonds is 3. The van der Waals surface area contributed by atoms with Crippen LogP contribution < -0.4 is 4.90 Å². The van der Waals surface area contributed by atoms with E-state index in [2.05, 4.69) is 28.1 Å². The molecule has 0 atom stereocenters. The zero-order chi connectivity index (χ0) is 18.2. The van der Waals surface area contributed by atoms with Crippen molar-refractivity contribution < 1.29 is 9.21 Å². The maximum Gasteiger partial charge on any atom is 0.242 e. The van der Waals surface area contributed by atoms with Gasteiger partial charge in [0.2, 0.25) is 5.91 Å². The molecule has 27 heavy (non-hydrogen) atoms. The van der Waals surface area contributed by atoms with E-state index in [0.717, 1.165) is 55.9 Å². The molecule has 2 aromatic carbocycles. The van der Waals surface area contributed by atoms with Crippen LogP contribution in [0.25, 0.3) is 11.1 Å². The Hall–Kier alpha value is -2.82. The SMILES string of the molecule is O=C(CN1CCc2ccccc21)N1CCC(c2nc3ccccc3o2)CC1. The van der Waals surface area contributed by atoms with Crippen molar-refractivity contribution in [1.82, 2.24) is 9.88 Å². The molecule has 5 heteroatoms. The van der Waals surface area contributed by atoms with Gasteiger partial charge in [0, 0.05) is 31.2 Å². The van der Waals surface area contributed by atoms with E-state index >= 15 is 0 Å². The largest absolute Gasteiger partial charge is 0.440 e. The minimum atomic E-state index is 0.225. The van der Waals surface area contributed by atoms with E-state index < -0.39 is 0 Å². The number of hydrogen-bond donors (Lipinski definition) is 0. The molecular weight excluding hydrogens is 338 g/mol. The van der Waals surface area contributed by atoms with Crippen molar-refractivity contribution in [1.29, 1.82) is 0 Å². The van der Waals surface area contributed by atoms with Gasteiger partial charge >= 0.3 is 0 Å². The molecule has 1 aromatic heterocycles. The van der Waals surface area contributed by atoms with Gasteiger partial charge in [-0.2, -0.15) is 0 Å². The lowest BCUT2D eigenvalue weighted by Gasteiger charge is -2.32. The van der Waals surface area contributed by atoms with Crippen LogP contribution in [0.3, 0.4) is 0 Å². The molecule has 0 unspecified atom stereocenters. The van der Waals surface area contributed by atoms with Crippen LogP contribution >= 0.6 is 0 Å². The van der Waals surface area contributed by atoms with Crippen LogP contribution in [0.1, 0.15) is 30.2 Å². The van der Waals surface area contributed by atoms with Crippen LogP contribution in [0.4, 0.5) is 5.69 Å². The van der Waals surface area contributed by atoms with Gasteiger partial charge in [-0.1, -0.05) is 30.3 Å². The minimum absolute atomic E-state index is 0.225. The summed E-state index contributed by atoms with van der Waals surface area (Å²) in [4.78, 5) is 21.6. The lowest BCUT2D eigenvalue weighted by atomic mass is 9.97. The van der Waals surface area contributed by atoms with E-state index in [4.69, 9.17) is 4.42 Å². The van der Waals surface area contributed by atoms with E-state index in [0.29, 0.717) is 12.5 Å². The lowest BCUT2D eigenvalue weighted by Crippen LogP contribution is -2.43. The molecule has 1 amide bonds. The van der Waals surface area contributed by atoms with Crippen molar-refractivity contribution >= 4 is 22.7 Å². The number of carbonyl (C=O) groups excluding carboxylic acids is 1. The molecule has 0 saturated carbocycles. The molecule has 0 aliphatic carbocycles. The normalized spacial score (nSPS) is 17.5. The summed E-state index contributed by atoms with van der Waals surface area (Å²) < 4.78 is 5.93. The first-order valence-corrected chi connectivity index (χ1v) is 9.74. The summed E-state index contributed by atoms with van der Waals surface area (Å²) in [5.74, 6) is 1.34. The van der Waals surface area contributed by atoms with Gasteiger partial charge in [-0.25, -0.2) is 4.98 Å². The Labute approximate surface area is 158 Å². The summed E-state index contributed by atoms with van der Waals surface area (Å²) >= 11 is 0. The lowest BCUT2D eigenvalue weighted by molar-refractivity contribution is -0.130. The van der Waals surface area contributed by atoms with Gasteiger partial charge < -0.3 is 14.2 Å². The molecule has 1 saturated heterocycles. The first kappa shape index (κ1) is 16.4. The Morgan fingerprint density at radius 3 is 2.67 bits per heavy atom. The quantitative estimate of drug-likeness (QED) is 0.715. The monoisotopic (exact) mass is 361 g/mol. The predicted molar refractivity (Wildman–Crippen MR) is 105 cm³/mol. The van der Waals surface area contributed by atoms with Crippen molar-refractivity contribution in [3.63, 3.8) is 0 Å². The number of hydrogen-bond acceptors (Lipinski definition) is 4. The third-order valence-corrected chi connectivity index (χ3v) is 5.82. The average Bonchev–Trinajstić information content (AvgIpc) is 3.32. The molecule has 0 radical (unpaired) electrons. The van der Waals surface area contributed by atoms with Crippen molar-refractivity contribution in [2.45, 2.75) is 25.2 Å². The standard InChI is InChI=1S/C22H23N3O2/c26-21(15-25-14-9-16-5-1-3-7-19(16)25)24-12-10-17(11-13-24)22-23-18-6-2-4-8-20(18)27-22/h1-8,17H,9-15H2. The van der Waals surface area contributed by atoms with Crippen molar-refractivity contribution in [3.05, 3.63) is 60.0 Å². The fourth-order valence-electron chi connectivity index (χ4n) is 4.27. The summed E-state index contributed by atoms with van der Waals surface area (Å²) in [6.07, 6.45) is 2.85. The van der Waals surface area contributed by atoms with Crippen LogP contribution in [-0.4, -0.2) is 42.0 Å². The molecule has 5 nitrogen and oxygen atoms in total. The van der Waals surface area contributed by atoms with E-state index in [1.165, 1.54) is 11.3 Å². The molecule has 2 aliphatic heterocycles. The third-order valence-electron chi connectivity index (χ3n) is 5.82. The highest BCUT2D eigenvalue weighted by Crippen LogP contribution is 2.31. The highest BCUT2D eigenvalue weighted by Gasteiger charge is 2.29. The summed E-state index contributed by atoms with van der Waals surface area (Å²) in [6.45, 7) is 2.96. The van der Waals surface area contributed by atoms with Crippen molar-refractivity contribution in [2.75, 3.05) is 31.1 Å². The average molecular weight is 361 g/mol. The Morgan fingerprint density at radius 2 is 1.81 bits per heavy atom. The number of piperidine rings is 1. The molecule has 0 spiro atoms. The molecule has 0 N–H and O–H groups in total. The van der Waals surface area contributed by atoms with Gasteiger partial charge in [0.25, 0.3) is 0 Å². The molecule has 3 heterocycles. The summed E-state index contributed by atoms with van der Waals surface area (Å²) in [7, 11) is 0. The number of anilines is 1. The van der Waals surface area contributed by atoms with E-state index in [9.17, 15) is 4.79 Å². The highest BCUT2D eigenvalue weighted by molar-refractivity contribution is 5.82. The van der Waals surface area contributed by atoms with E-state index in [1.54, 1.807) is 0 Å². The predicted octanol–water partition coefficient (Wildman–Crippen LogP) is 3.60. The van der Waals surface area contributed by atoms with Crippen LogP contribution in [-0.2, 0) is 11.2 Å². The summed E-state index contributed by atoms with van der Waals surface area (Å²) in [5, 5.41) is 0. The van der Waals surface area contributed by atoms with Crippen LogP contribution in [0, 0.1) is 0 Å². The van der Waals surface area contributed by atoms with Gasteiger partial charge in [0.1, 0.15) is 5.52 Å². The molecular formula is C22H23N3O2. The number of likely N-dealkylation sites (tertiary alicyclic amines) is 1. The summed E-state index contributed by atoms with van der Waals surface area (Å²) in [6, 6.07) is 16.3. The third kappa shape index (κ3) is 3.07. The number of aromatic nitrogens is 1. The number of amides is 1. The molecule has 138 valence electrons. The Bertz CT molecular complexity index is 939. The zero-order valence-corrected chi connectivity index (χ0v) is 15.3. The number of benzene rings is 2. The van der Waals surface area contributed by atoms with E-state index in [-0.39, 0.29) is 5.91 Å². The first-order chi connectivity index (χ1) is 13.3. The maximum absolute atomic E-state index is 12.8. The number of oxazole rings is 1. The highest BCUT2D eigenvalue weighted by atomic mass is 16.3. The zero-order valence-electron chi connectivity index (χ0n) is 15.3. The van der Waals surface area contributed by atoms with Crippen molar-refractivity contribution in [3.8, 4) is 0 Å². The summed E-state index contributed by atoms with van der Waals surface area (Å²) in [5.41, 5.74) is 4.32. The van der Waals surface area contributed by atoms with Gasteiger partial charge in [0.05, 0.1) is 6.54 Å². The Morgan fingerprint density at radius 1 is 1.04 bits per heavy atom. The molecule has 1 fully saturated rings. The molecule has 5 rings (SSSR count). The number of carbonyl (C=O) groups is 1. The second-order valence-corrected chi connectivity index (χ2v) is 7.48. The van der Waals surface area contributed by atoms with Crippen LogP contribution in [0.2, 0.25) is 0 Å². The Kier molecular flexibility index (Phi) is 4.07. The minimum Gasteiger partial charge on any atom is -0.440 e. The second-order valence-electron chi connectivity index (χ2n) is 7.48. The molecule has 2 aliphatic rings. The van der Waals surface area contributed by atoms with Crippen molar-refractivity contribution in [2.24, 2.45) is 0 Å². The van der Waals surface area contributed by atoms with Crippen LogP contribution in [0.5, 0.6) is 0 Å². The first-order valence-electron chi connectivity index (χ1n) is 9.74.